The molecule has 0 fully saturated rings. The molecular formula is C22H22N4O4S. The molecule has 9 heteroatoms. The standard InChI is InChI=1S/C22H22N4O4S/c1-27-16-8-6-13(10-18(16)29-3)20-15(12-23)21(26-22(25-20)31-5)24-14-7-9-17(28-2)19(11-14)30-4/h6-11H,1-5H3,(H,24,25,26). The summed E-state index contributed by atoms with van der Waals surface area (Å²) in [6.45, 7) is 0. The Balaban J connectivity index is 2.12. The third kappa shape index (κ3) is 4.59. The average Bonchev–Trinajstić information content (AvgIpc) is 2.82. The number of methoxy groups -OCH3 is 4. The van der Waals surface area contributed by atoms with E-state index < -0.39 is 0 Å². The fourth-order valence-electron chi connectivity index (χ4n) is 2.97. The highest BCUT2D eigenvalue weighted by molar-refractivity contribution is 7.98. The molecule has 0 saturated heterocycles. The van der Waals surface area contributed by atoms with Crippen LogP contribution in [0, 0.1) is 11.3 Å². The van der Waals surface area contributed by atoms with Gasteiger partial charge in [-0.2, -0.15) is 5.26 Å². The number of rotatable bonds is 8. The van der Waals surface area contributed by atoms with Gasteiger partial charge in [0.1, 0.15) is 11.6 Å². The van der Waals surface area contributed by atoms with Crippen molar-refractivity contribution in [2.45, 2.75) is 5.16 Å². The molecule has 0 aliphatic carbocycles. The van der Waals surface area contributed by atoms with Crippen LogP contribution in [0.5, 0.6) is 23.0 Å². The number of benzene rings is 2. The van der Waals surface area contributed by atoms with Crippen LogP contribution in [0.3, 0.4) is 0 Å². The maximum atomic E-state index is 9.93. The summed E-state index contributed by atoms with van der Waals surface area (Å²) in [5.74, 6) is 2.69. The van der Waals surface area contributed by atoms with E-state index in [0.29, 0.717) is 56.5 Å². The molecule has 1 N–H and O–H groups in total. The number of hydrogen-bond donors (Lipinski definition) is 1. The number of hydrogen-bond acceptors (Lipinski definition) is 9. The second-order valence-corrected chi connectivity index (χ2v) is 6.93. The molecule has 31 heavy (non-hydrogen) atoms. The first-order chi connectivity index (χ1) is 15.1. The minimum absolute atomic E-state index is 0.305. The summed E-state index contributed by atoms with van der Waals surface area (Å²) < 4.78 is 21.4. The van der Waals surface area contributed by atoms with Gasteiger partial charge in [0, 0.05) is 17.3 Å². The van der Waals surface area contributed by atoms with Crippen molar-refractivity contribution in [2.75, 3.05) is 40.0 Å². The number of nitrogens with one attached hydrogen (secondary N) is 1. The number of ether oxygens (including phenoxy) is 4. The van der Waals surface area contributed by atoms with E-state index in [1.807, 2.05) is 18.4 Å². The summed E-state index contributed by atoms with van der Waals surface area (Å²) >= 11 is 1.38. The molecule has 160 valence electrons. The number of nitriles is 1. The van der Waals surface area contributed by atoms with Crippen LogP contribution < -0.4 is 24.3 Å². The molecule has 1 heterocycles. The molecule has 0 spiro atoms. The lowest BCUT2D eigenvalue weighted by Crippen LogP contribution is -2.04. The lowest BCUT2D eigenvalue weighted by Gasteiger charge is -2.15. The van der Waals surface area contributed by atoms with Gasteiger partial charge in [-0.15, -0.1) is 0 Å². The summed E-state index contributed by atoms with van der Waals surface area (Å²) in [5.41, 5.74) is 2.20. The second kappa shape index (κ2) is 9.91. The molecule has 0 aliphatic heterocycles. The van der Waals surface area contributed by atoms with Crippen molar-refractivity contribution in [3.05, 3.63) is 42.0 Å². The Kier molecular flexibility index (Phi) is 7.05. The zero-order chi connectivity index (χ0) is 22.4. The molecule has 0 atom stereocenters. The van der Waals surface area contributed by atoms with Crippen molar-refractivity contribution < 1.29 is 18.9 Å². The summed E-state index contributed by atoms with van der Waals surface area (Å²) in [7, 11) is 6.27. The predicted octanol–water partition coefficient (Wildman–Crippen LogP) is 4.52. The van der Waals surface area contributed by atoms with Gasteiger partial charge in [-0.1, -0.05) is 11.8 Å². The lowest BCUT2D eigenvalue weighted by molar-refractivity contribution is 0.355. The predicted molar refractivity (Wildman–Crippen MR) is 120 cm³/mol. The Hall–Kier alpha value is -3.64. The fraction of sp³-hybridized carbons (Fsp3) is 0.227. The molecule has 0 aliphatic rings. The lowest BCUT2D eigenvalue weighted by atomic mass is 10.1. The summed E-state index contributed by atoms with van der Waals surface area (Å²) in [6, 6.07) is 13.0. The molecule has 0 unspecified atom stereocenters. The first kappa shape index (κ1) is 22.1. The monoisotopic (exact) mass is 438 g/mol. The maximum absolute atomic E-state index is 9.93. The Morgan fingerprint density at radius 1 is 0.839 bits per heavy atom. The third-order valence-electron chi connectivity index (χ3n) is 4.49. The first-order valence-electron chi connectivity index (χ1n) is 9.16. The highest BCUT2D eigenvalue weighted by Crippen LogP contribution is 2.36. The molecule has 0 amide bonds. The van der Waals surface area contributed by atoms with Crippen LogP contribution in [0.2, 0.25) is 0 Å². The first-order valence-corrected chi connectivity index (χ1v) is 10.4. The minimum Gasteiger partial charge on any atom is -0.493 e. The molecule has 0 radical (unpaired) electrons. The Bertz CT molecular complexity index is 1130. The molecule has 1 aromatic heterocycles. The van der Waals surface area contributed by atoms with Crippen LogP contribution in [0.1, 0.15) is 5.56 Å². The number of nitrogens with zero attached hydrogens (tertiary/aromatic N) is 3. The van der Waals surface area contributed by atoms with Crippen molar-refractivity contribution in [1.29, 1.82) is 5.26 Å². The highest BCUT2D eigenvalue weighted by Gasteiger charge is 2.18. The Morgan fingerprint density at radius 2 is 1.45 bits per heavy atom. The van der Waals surface area contributed by atoms with Crippen LogP contribution >= 0.6 is 11.8 Å². The van der Waals surface area contributed by atoms with Crippen LogP contribution in [0.15, 0.2) is 41.6 Å². The van der Waals surface area contributed by atoms with Crippen molar-refractivity contribution in [3.63, 3.8) is 0 Å². The third-order valence-corrected chi connectivity index (χ3v) is 5.03. The van der Waals surface area contributed by atoms with Crippen molar-refractivity contribution in [1.82, 2.24) is 9.97 Å². The van der Waals surface area contributed by atoms with Gasteiger partial charge in [-0.3, -0.25) is 0 Å². The Labute approximate surface area is 185 Å². The van der Waals surface area contributed by atoms with Gasteiger partial charge in [0.05, 0.1) is 34.1 Å². The van der Waals surface area contributed by atoms with E-state index in [4.69, 9.17) is 18.9 Å². The SMILES string of the molecule is COc1ccc(Nc2nc(SC)nc(-c3ccc(OC)c(OC)c3)c2C#N)cc1OC. The van der Waals surface area contributed by atoms with E-state index in [-0.39, 0.29) is 0 Å². The minimum atomic E-state index is 0.305. The van der Waals surface area contributed by atoms with Gasteiger partial charge < -0.3 is 24.3 Å². The van der Waals surface area contributed by atoms with E-state index in [9.17, 15) is 5.26 Å². The smallest absolute Gasteiger partial charge is 0.189 e. The van der Waals surface area contributed by atoms with Gasteiger partial charge in [-0.05, 0) is 36.6 Å². The van der Waals surface area contributed by atoms with E-state index >= 15 is 0 Å². The Morgan fingerprint density at radius 3 is 2.03 bits per heavy atom. The highest BCUT2D eigenvalue weighted by atomic mass is 32.2. The molecule has 0 saturated carbocycles. The van der Waals surface area contributed by atoms with E-state index in [0.717, 1.165) is 0 Å². The molecule has 3 aromatic rings. The van der Waals surface area contributed by atoms with Crippen LogP contribution in [-0.2, 0) is 0 Å². The van der Waals surface area contributed by atoms with Gasteiger partial charge in [0.25, 0.3) is 0 Å². The van der Waals surface area contributed by atoms with Crippen molar-refractivity contribution >= 4 is 23.3 Å². The molecular weight excluding hydrogens is 416 g/mol. The largest absolute Gasteiger partial charge is 0.493 e. The topological polar surface area (TPSA) is 98.5 Å². The fourth-order valence-corrected chi connectivity index (χ4v) is 3.34. The number of aromatic nitrogens is 2. The number of thioether (sulfide) groups is 1. The quantitative estimate of drug-likeness (QED) is 0.402. The van der Waals surface area contributed by atoms with Crippen molar-refractivity contribution in [3.8, 4) is 40.3 Å². The van der Waals surface area contributed by atoms with Gasteiger partial charge >= 0.3 is 0 Å². The van der Waals surface area contributed by atoms with Crippen LogP contribution in [0.25, 0.3) is 11.3 Å². The van der Waals surface area contributed by atoms with Gasteiger partial charge in [-0.25, -0.2) is 9.97 Å². The van der Waals surface area contributed by atoms with Crippen LogP contribution in [-0.4, -0.2) is 44.7 Å². The second-order valence-electron chi connectivity index (χ2n) is 6.16. The normalized spacial score (nSPS) is 10.2. The summed E-state index contributed by atoms with van der Waals surface area (Å²) in [5, 5.41) is 13.7. The average molecular weight is 439 g/mol. The molecule has 0 bridgehead atoms. The molecule has 2 aromatic carbocycles. The van der Waals surface area contributed by atoms with Crippen LogP contribution in [0.4, 0.5) is 11.5 Å². The zero-order valence-corrected chi connectivity index (χ0v) is 18.7. The summed E-state index contributed by atoms with van der Waals surface area (Å²) in [6.07, 6.45) is 1.87. The zero-order valence-electron chi connectivity index (χ0n) is 17.8. The van der Waals surface area contributed by atoms with E-state index in [2.05, 4.69) is 21.4 Å². The van der Waals surface area contributed by atoms with Crippen molar-refractivity contribution in [2.24, 2.45) is 0 Å². The van der Waals surface area contributed by atoms with Gasteiger partial charge in [0.2, 0.25) is 0 Å². The number of anilines is 2. The molecule has 8 nitrogen and oxygen atoms in total. The van der Waals surface area contributed by atoms with E-state index in [1.54, 1.807) is 52.7 Å². The maximum Gasteiger partial charge on any atom is 0.189 e. The molecule has 3 rings (SSSR count). The van der Waals surface area contributed by atoms with Gasteiger partial charge in [0.15, 0.2) is 34.0 Å². The summed E-state index contributed by atoms with van der Waals surface area (Å²) in [4.78, 5) is 9.08. The van der Waals surface area contributed by atoms with E-state index in [1.165, 1.54) is 11.8 Å².